The van der Waals surface area contributed by atoms with Crippen LogP contribution < -0.4 is 15.7 Å². The Bertz CT molecular complexity index is 891. The minimum atomic E-state index is -5.08. The highest BCUT2D eigenvalue weighted by molar-refractivity contribution is 5.88. The lowest BCUT2D eigenvalue weighted by atomic mass is 10.1. The largest absolute Gasteiger partial charge is 0.507 e. The summed E-state index contributed by atoms with van der Waals surface area (Å²) in [7, 11) is 1.43. The van der Waals surface area contributed by atoms with Crippen LogP contribution in [0.1, 0.15) is 5.56 Å². The van der Waals surface area contributed by atoms with E-state index in [9.17, 15) is 27.9 Å². The number of amides is 1. The monoisotopic (exact) mass is 393 g/mol. The number of ether oxygens (including phenoxy) is 1. The lowest BCUT2D eigenvalue weighted by molar-refractivity contribution is -0.192. The van der Waals surface area contributed by atoms with Gasteiger partial charge in [0.05, 0.1) is 12.5 Å². The van der Waals surface area contributed by atoms with E-state index in [0.717, 1.165) is 0 Å². The van der Waals surface area contributed by atoms with Crippen molar-refractivity contribution in [2.45, 2.75) is 12.6 Å². The molecule has 1 aromatic heterocycles. The van der Waals surface area contributed by atoms with Crippen molar-refractivity contribution in [1.29, 1.82) is 0 Å². The molecule has 1 amide bonds. The van der Waals surface area contributed by atoms with Crippen LogP contribution in [-0.4, -0.2) is 47.2 Å². The summed E-state index contributed by atoms with van der Waals surface area (Å²) in [5, 5.41) is 28.2. The van der Waals surface area contributed by atoms with E-state index in [1.54, 1.807) is 0 Å². The second-order valence-electron chi connectivity index (χ2n) is 4.90. The number of alkyl halides is 3. The van der Waals surface area contributed by atoms with Gasteiger partial charge in [-0.25, -0.2) is 14.4 Å². The molecule has 0 atom stereocenters. The maximum absolute atomic E-state index is 11.5. The fourth-order valence-corrected chi connectivity index (χ4v) is 1.95. The third-order valence-corrected chi connectivity index (χ3v) is 3.03. The number of aromatic hydroxyl groups is 1. The smallest absolute Gasteiger partial charge is 0.490 e. The highest BCUT2D eigenvalue weighted by Crippen LogP contribution is 2.32. The van der Waals surface area contributed by atoms with Gasteiger partial charge in [0.25, 0.3) is 0 Å². The van der Waals surface area contributed by atoms with Gasteiger partial charge in [-0.1, -0.05) is 0 Å². The fourth-order valence-electron chi connectivity index (χ4n) is 1.95. The van der Waals surface area contributed by atoms with Crippen molar-refractivity contribution < 1.29 is 47.2 Å². The van der Waals surface area contributed by atoms with Crippen molar-refractivity contribution in [2.75, 3.05) is 13.7 Å². The summed E-state index contributed by atoms with van der Waals surface area (Å²) < 4.78 is 41.7. The van der Waals surface area contributed by atoms with Gasteiger partial charge in [-0.05, 0) is 12.0 Å². The van der Waals surface area contributed by atoms with E-state index in [2.05, 4.69) is 5.32 Å². The number of fused-ring (bicyclic) bond motifs is 1. The molecule has 27 heavy (non-hydrogen) atoms. The first-order valence-corrected chi connectivity index (χ1v) is 7.06. The molecule has 0 aliphatic carbocycles. The van der Waals surface area contributed by atoms with E-state index in [1.165, 1.54) is 25.3 Å². The number of nitrogens with one attached hydrogen (secondary N) is 1. The third kappa shape index (κ3) is 6.41. The van der Waals surface area contributed by atoms with Gasteiger partial charge in [0.15, 0.2) is 0 Å². The Morgan fingerprint density at radius 1 is 1.22 bits per heavy atom. The van der Waals surface area contributed by atoms with Gasteiger partial charge < -0.3 is 29.8 Å². The number of carbonyl (C=O) groups is 2. The number of carboxylic acid groups (broad SMARTS) is 2. The molecule has 9 nitrogen and oxygen atoms in total. The quantitative estimate of drug-likeness (QED) is 0.577. The molecule has 0 radical (unpaired) electrons. The molecule has 148 valence electrons. The number of carboxylic acids is 1. The highest BCUT2D eigenvalue weighted by Gasteiger charge is 2.38. The number of aliphatic carboxylic acids is 1. The molecule has 0 bridgehead atoms. The van der Waals surface area contributed by atoms with Crippen LogP contribution in [0.4, 0.5) is 18.0 Å². The second-order valence-corrected chi connectivity index (χ2v) is 4.90. The maximum atomic E-state index is 11.5. The van der Waals surface area contributed by atoms with E-state index in [0.29, 0.717) is 16.7 Å². The molecule has 4 N–H and O–H groups in total. The summed E-state index contributed by atoms with van der Waals surface area (Å²) in [6, 6.07) is 4.12. The van der Waals surface area contributed by atoms with E-state index < -0.39 is 23.9 Å². The summed E-state index contributed by atoms with van der Waals surface area (Å²) in [6.45, 7) is 0.124. The second kappa shape index (κ2) is 8.78. The molecular formula is C15H14F3NO8. The predicted molar refractivity (Wildman–Crippen MR) is 84.1 cm³/mol. The average molecular weight is 393 g/mol. The van der Waals surface area contributed by atoms with Crippen LogP contribution in [0.15, 0.2) is 27.4 Å². The third-order valence-electron chi connectivity index (χ3n) is 3.03. The molecule has 0 fully saturated rings. The number of halogens is 3. The minimum absolute atomic E-state index is 0.0894. The first-order chi connectivity index (χ1) is 12.5. The Morgan fingerprint density at radius 3 is 2.30 bits per heavy atom. The molecule has 1 heterocycles. The zero-order valence-electron chi connectivity index (χ0n) is 13.7. The molecule has 0 spiro atoms. The number of phenols is 1. The van der Waals surface area contributed by atoms with E-state index in [1.807, 2.05) is 0 Å². The molecule has 12 heteroatoms. The Morgan fingerprint density at radius 2 is 1.81 bits per heavy atom. The van der Waals surface area contributed by atoms with Crippen LogP contribution >= 0.6 is 0 Å². The zero-order valence-corrected chi connectivity index (χ0v) is 13.7. The summed E-state index contributed by atoms with van der Waals surface area (Å²) >= 11 is 0. The van der Waals surface area contributed by atoms with Crippen molar-refractivity contribution >= 4 is 23.0 Å². The minimum Gasteiger partial charge on any atom is -0.507 e. The lowest BCUT2D eigenvalue weighted by Gasteiger charge is -2.09. The molecule has 2 rings (SSSR count). The van der Waals surface area contributed by atoms with E-state index in [-0.39, 0.29) is 24.3 Å². The van der Waals surface area contributed by atoms with Gasteiger partial charge >= 0.3 is 23.9 Å². The van der Waals surface area contributed by atoms with Crippen LogP contribution in [0.3, 0.4) is 0 Å². The lowest BCUT2D eigenvalue weighted by Crippen LogP contribution is -2.23. The Labute approximate surface area is 148 Å². The van der Waals surface area contributed by atoms with Crippen LogP contribution in [0.25, 0.3) is 11.0 Å². The number of benzene rings is 1. The number of hydrogen-bond acceptors (Lipinski definition) is 6. The van der Waals surface area contributed by atoms with Crippen LogP contribution in [-0.2, 0) is 11.2 Å². The van der Waals surface area contributed by atoms with Crippen molar-refractivity contribution in [3.63, 3.8) is 0 Å². The van der Waals surface area contributed by atoms with E-state index in [4.69, 9.17) is 24.2 Å². The maximum Gasteiger partial charge on any atom is 0.490 e. The van der Waals surface area contributed by atoms with Gasteiger partial charge in [-0.15, -0.1) is 0 Å². The van der Waals surface area contributed by atoms with Crippen molar-refractivity contribution in [1.82, 2.24) is 5.32 Å². The molecule has 0 aliphatic heterocycles. The molecule has 0 unspecified atom stereocenters. The van der Waals surface area contributed by atoms with Crippen LogP contribution in [0, 0.1) is 0 Å². The molecule has 0 aliphatic rings. The van der Waals surface area contributed by atoms with Gasteiger partial charge in [0.2, 0.25) is 0 Å². The normalized spacial score (nSPS) is 10.7. The Kier molecular flexibility index (Phi) is 7.02. The predicted octanol–water partition coefficient (Wildman–Crippen LogP) is 1.95. The number of hydrogen-bond donors (Lipinski definition) is 4. The molecule has 1 aromatic carbocycles. The first kappa shape index (κ1) is 21.6. The number of phenolic OH excluding ortho intramolecular Hbond substituents is 1. The number of rotatable bonds is 4. The summed E-state index contributed by atoms with van der Waals surface area (Å²) in [5.41, 5.74) is 0.125. The highest BCUT2D eigenvalue weighted by atomic mass is 19.4. The van der Waals surface area contributed by atoms with Crippen LogP contribution in [0.5, 0.6) is 11.5 Å². The molecule has 2 aromatic rings. The summed E-state index contributed by atoms with van der Waals surface area (Å²) in [5.74, 6) is -2.49. The molecule has 0 saturated heterocycles. The summed E-state index contributed by atoms with van der Waals surface area (Å²) in [4.78, 5) is 30.8. The number of methoxy groups -OCH3 is 1. The van der Waals surface area contributed by atoms with Crippen molar-refractivity contribution in [2.24, 2.45) is 0 Å². The SMILES string of the molecule is COc1cc(O)c2c(CCNC(=O)O)cc(=O)oc2c1.O=C(O)C(F)(F)F. The van der Waals surface area contributed by atoms with Gasteiger partial charge in [0.1, 0.15) is 17.1 Å². The van der Waals surface area contributed by atoms with Crippen molar-refractivity contribution in [3.05, 3.63) is 34.2 Å². The standard InChI is InChI=1S/C13H13NO6.C2HF3O2/c1-19-8-5-9(15)12-7(2-3-14-13(17)18)4-11(16)20-10(12)6-8;3-2(4,5)1(6)7/h4-6,14-15H,2-3H2,1H3,(H,17,18);(H,6,7). The zero-order chi connectivity index (χ0) is 20.8. The fraction of sp³-hybridized carbons (Fsp3) is 0.267. The Balaban J connectivity index is 0.000000445. The van der Waals surface area contributed by atoms with Gasteiger partial charge in [0, 0.05) is 24.7 Å². The summed E-state index contributed by atoms with van der Waals surface area (Å²) in [6.07, 6.45) is -5.97. The van der Waals surface area contributed by atoms with Crippen LogP contribution in [0.2, 0.25) is 0 Å². The van der Waals surface area contributed by atoms with E-state index >= 15 is 0 Å². The van der Waals surface area contributed by atoms with Crippen molar-refractivity contribution in [3.8, 4) is 11.5 Å². The first-order valence-electron chi connectivity index (χ1n) is 7.06. The topological polar surface area (TPSA) is 146 Å². The Hall–Kier alpha value is -3.44. The molecule has 0 saturated carbocycles. The average Bonchev–Trinajstić information content (AvgIpc) is 2.53. The molecular weight excluding hydrogens is 379 g/mol. The van der Waals surface area contributed by atoms with Gasteiger partial charge in [-0.2, -0.15) is 13.2 Å². The van der Waals surface area contributed by atoms with Gasteiger partial charge in [-0.3, -0.25) is 0 Å².